The molecule has 5 heteroatoms. The average molecular weight is 326 g/mol. The second kappa shape index (κ2) is 8.72. The van der Waals surface area contributed by atoms with Gasteiger partial charge in [0.25, 0.3) is 0 Å². The summed E-state index contributed by atoms with van der Waals surface area (Å²) < 4.78 is 10.9. The fraction of sp³-hybridized carbons (Fsp3) is 0.263. The zero-order valence-electron chi connectivity index (χ0n) is 14.2. The third kappa shape index (κ3) is 4.84. The van der Waals surface area contributed by atoms with Crippen LogP contribution in [0.25, 0.3) is 6.08 Å². The summed E-state index contributed by atoms with van der Waals surface area (Å²) >= 11 is 0. The van der Waals surface area contributed by atoms with E-state index in [1.807, 2.05) is 38.1 Å². The summed E-state index contributed by atoms with van der Waals surface area (Å²) in [7, 11) is 1.60. The van der Waals surface area contributed by atoms with Gasteiger partial charge in [0.1, 0.15) is 0 Å². The second-order valence-electron chi connectivity index (χ2n) is 5.27. The number of hydrogen-bond acceptors (Lipinski definition) is 4. The number of carbonyl (C=O) groups excluding carboxylic acids is 1. The Labute approximate surface area is 142 Å². The van der Waals surface area contributed by atoms with Crippen LogP contribution in [0, 0.1) is 6.92 Å². The first kappa shape index (κ1) is 17.5. The van der Waals surface area contributed by atoms with Gasteiger partial charge in [0.2, 0.25) is 5.91 Å². The number of hydrogen-bond donors (Lipinski definition) is 1. The SMILES string of the molecule is CCCOc1ccc(C=CC(=O)Nc2cnccc2C)cc1OC. The van der Waals surface area contributed by atoms with Crippen LogP contribution in [0.15, 0.2) is 42.7 Å². The molecule has 0 saturated heterocycles. The van der Waals surface area contributed by atoms with E-state index in [1.54, 1.807) is 25.6 Å². The van der Waals surface area contributed by atoms with Crippen LogP contribution in [0.2, 0.25) is 0 Å². The molecule has 24 heavy (non-hydrogen) atoms. The molecule has 0 fully saturated rings. The summed E-state index contributed by atoms with van der Waals surface area (Å²) in [5, 5.41) is 2.80. The van der Waals surface area contributed by atoms with Gasteiger partial charge < -0.3 is 14.8 Å². The Morgan fingerprint density at radius 2 is 2.12 bits per heavy atom. The summed E-state index contributed by atoms with van der Waals surface area (Å²) in [6, 6.07) is 7.41. The van der Waals surface area contributed by atoms with Gasteiger partial charge in [0, 0.05) is 12.3 Å². The van der Waals surface area contributed by atoms with Crippen LogP contribution in [0.5, 0.6) is 11.5 Å². The normalized spacial score (nSPS) is 10.6. The van der Waals surface area contributed by atoms with Crippen LogP contribution in [-0.2, 0) is 4.79 Å². The lowest BCUT2D eigenvalue weighted by Gasteiger charge is -2.10. The minimum Gasteiger partial charge on any atom is -0.493 e. The summed E-state index contributed by atoms with van der Waals surface area (Å²) in [5.41, 5.74) is 2.52. The van der Waals surface area contributed by atoms with Gasteiger partial charge in [-0.15, -0.1) is 0 Å². The van der Waals surface area contributed by atoms with Crippen LogP contribution in [0.1, 0.15) is 24.5 Å². The van der Waals surface area contributed by atoms with E-state index in [9.17, 15) is 4.79 Å². The zero-order chi connectivity index (χ0) is 17.4. The number of nitrogens with zero attached hydrogens (tertiary/aromatic N) is 1. The third-order valence-corrected chi connectivity index (χ3v) is 3.37. The number of carbonyl (C=O) groups is 1. The van der Waals surface area contributed by atoms with Gasteiger partial charge in [-0.25, -0.2) is 0 Å². The molecule has 1 aromatic heterocycles. The first-order valence-corrected chi connectivity index (χ1v) is 7.84. The highest BCUT2D eigenvalue weighted by Crippen LogP contribution is 2.28. The molecule has 0 aliphatic rings. The predicted molar refractivity (Wildman–Crippen MR) is 95.4 cm³/mol. The maximum Gasteiger partial charge on any atom is 0.248 e. The Morgan fingerprint density at radius 3 is 2.83 bits per heavy atom. The highest BCUT2D eigenvalue weighted by Gasteiger charge is 2.05. The van der Waals surface area contributed by atoms with E-state index in [-0.39, 0.29) is 5.91 Å². The van der Waals surface area contributed by atoms with E-state index in [0.717, 1.165) is 17.5 Å². The van der Waals surface area contributed by atoms with E-state index in [0.29, 0.717) is 23.8 Å². The number of amides is 1. The smallest absolute Gasteiger partial charge is 0.248 e. The number of pyridine rings is 1. The van der Waals surface area contributed by atoms with Gasteiger partial charge in [-0.05, 0) is 48.7 Å². The number of benzene rings is 1. The maximum absolute atomic E-state index is 12.0. The van der Waals surface area contributed by atoms with Crippen molar-refractivity contribution < 1.29 is 14.3 Å². The fourth-order valence-electron chi connectivity index (χ4n) is 2.06. The molecule has 1 amide bonds. The van der Waals surface area contributed by atoms with Crippen molar-refractivity contribution in [2.24, 2.45) is 0 Å². The molecule has 0 saturated carbocycles. The predicted octanol–water partition coefficient (Wildman–Crippen LogP) is 3.84. The molecule has 126 valence electrons. The molecule has 1 aromatic carbocycles. The van der Waals surface area contributed by atoms with Crippen LogP contribution >= 0.6 is 0 Å². The molecular formula is C19H22N2O3. The Balaban J connectivity index is 2.05. The number of aromatic nitrogens is 1. The fourth-order valence-corrected chi connectivity index (χ4v) is 2.06. The van der Waals surface area contributed by atoms with E-state index in [2.05, 4.69) is 10.3 Å². The first-order chi connectivity index (χ1) is 11.6. The lowest BCUT2D eigenvalue weighted by Crippen LogP contribution is -2.09. The number of nitrogens with one attached hydrogen (secondary N) is 1. The largest absolute Gasteiger partial charge is 0.493 e. The van der Waals surface area contributed by atoms with Crippen molar-refractivity contribution >= 4 is 17.7 Å². The minimum absolute atomic E-state index is 0.212. The van der Waals surface area contributed by atoms with Crippen LogP contribution in [-0.4, -0.2) is 24.6 Å². The Morgan fingerprint density at radius 1 is 1.29 bits per heavy atom. The van der Waals surface area contributed by atoms with Crippen molar-refractivity contribution in [2.75, 3.05) is 19.0 Å². The number of ether oxygens (including phenoxy) is 2. The molecule has 0 spiro atoms. The number of anilines is 1. The number of rotatable bonds is 7. The van der Waals surface area contributed by atoms with Crippen molar-refractivity contribution in [1.82, 2.24) is 4.98 Å². The molecule has 0 bridgehead atoms. The Hall–Kier alpha value is -2.82. The third-order valence-electron chi connectivity index (χ3n) is 3.37. The standard InChI is InChI=1S/C19H22N2O3/c1-4-11-24-17-7-5-15(12-18(17)23-3)6-8-19(22)21-16-13-20-10-9-14(16)2/h5-10,12-13H,4,11H2,1-3H3,(H,21,22). The molecule has 5 nitrogen and oxygen atoms in total. The molecular weight excluding hydrogens is 304 g/mol. The molecule has 2 aromatic rings. The van der Waals surface area contributed by atoms with Crippen LogP contribution in [0.3, 0.4) is 0 Å². The Kier molecular flexibility index (Phi) is 6.37. The molecule has 0 aliphatic heterocycles. The minimum atomic E-state index is -0.212. The van der Waals surface area contributed by atoms with E-state index in [4.69, 9.17) is 9.47 Å². The maximum atomic E-state index is 12.0. The molecule has 0 unspecified atom stereocenters. The Bertz CT molecular complexity index is 726. The van der Waals surface area contributed by atoms with E-state index < -0.39 is 0 Å². The average Bonchev–Trinajstić information content (AvgIpc) is 2.60. The van der Waals surface area contributed by atoms with Gasteiger partial charge >= 0.3 is 0 Å². The van der Waals surface area contributed by atoms with Crippen LogP contribution in [0.4, 0.5) is 5.69 Å². The van der Waals surface area contributed by atoms with Gasteiger partial charge in [-0.3, -0.25) is 9.78 Å². The van der Waals surface area contributed by atoms with E-state index >= 15 is 0 Å². The van der Waals surface area contributed by atoms with Crippen molar-refractivity contribution in [3.63, 3.8) is 0 Å². The summed E-state index contributed by atoms with van der Waals surface area (Å²) in [6.45, 7) is 4.60. The van der Waals surface area contributed by atoms with Crippen molar-refractivity contribution in [1.29, 1.82) is 0 Å². The van der Waals surface area contributed by atoms with Crippen molar-refractivity contribution in [2.45, 2.75) is 20.3 Å². The first-order valence-electron chi connectivity index (χ1n) is 7.84. The van der Waals surface area contributed by atoms with Gasteiger partial charge in [-0.2, -0.15) is 0 Å². The number of methoxy groups -OCH3 is 1. The summed E-state index contributed by atoms with van der Waals surface area (Å²) in [5.74, 6) is 1.14. The van der Waals surface area contributed by atoms with Crippen molar-refractivity contribution in [3.8, 4) is 11.5 Å². The molecule has 2 rings (SSSR count). The highest BCUT2D eigenvalue weighted by molar-refractivity contribution is 6.02. The zero-order valence-corrected chi connectivity index (χ0v) is 14.2. The molecule has 0 atom stereocenters. The molecule has 1 N–H and O–H groups in total. The number of aryl methyl sites for hydroxylation is 1. The summed E-state index contributed by atoms with van der Waals surface area (Å²) in [6.07, 6.45) is 7.46. The quantitative estimate of drug-likeness (QED) is 0.785. The monoisotopic (exact) mass is 326 g/mol. The second-order valence-corrected chi connectivity index (χ2v) is 5.27. The van der Waals surface area contributed by atoms with Gasteiger partial charge in [0.15, 0.2) is 11.5 Å². The van der Waals surface area contributed by atoms with Gasteiger partial charge in [-0.1, -0.05) is 13.0 Å². The summed E-state index contributed by atoms with van der Waals surface area (Å²) in [4.78, 5) is 16.0. The topological polar surface area (TPSA) is 60.5 Å². The van der Waals surface area contributed by atoms with E-state index in [1.165, 1.54) is 6.08 Å². The lowest BCUT2D eigenvalue weighted by atomic mass is 10.2. The van der Waals surface area contributed by atoms with Crippen LogP contribution < -0.4 is 14.8 Å². The van der Waals surface area contributed by atoms with Crippen molar-refractivity contribution in [3.05, 3.63) is 53.9 Å². The molecule has 0 radical (unpaired) electrons. The molecule has 0 aliphatic carbocycles. The molecule has 1 heterocycles. The highest BCUT2D eigenvalue weighted by atomic mass is 16.5. The van der Waals surface area contributed by atoms with Gasteiger partial charge in [0.05, 0.1) is 25.6 Å². The lowest BCUT2D eigenvalue weighted by molar-refractivity contribution is -0.111.